The van der Waals surface area contributed by atoms with Crippen LogP contribution in [0.15, 0.2) is 30.3 Å². The summed E-state index contributed by atoms with van der Waals surface area (Å²) in [6.45, 7) is 5.14. The standard InChI is InChI=1S/C14H20N2O3/c1-14(2,3)12(15)13(19)16(9-11(17)18)10-7-5-4-6-8-10/h4-8,12H,9,15H2,1-3H3,(H,17,18)/t12-/m1/s1. The van der Waals surface area contributed by atoms with E-state index in [-0.39, 0.29) is 5.91 Å². The number of para-hydroxylation sites is 1. The van der Waals surface area contributed by atoms with Crippen LogP contribution in [0.3, 0.4) is 0 Å². The zero-order valence-electron chi connectivity index (χ0n) is 11.5. The zero-order valence-corrected chi connectivity index (χ0v) is 11.5. The fourth-order valence-electron chi connectivity index (χ4n) is 1.58. The number of nitrogens with zero attached hydrogens (tertiary/aromatic N) is 1. The summed E-state index contributed by atoms with van der Waals surface area (Å²) in [4.78, 5) is 24.5. The number of aliphatic carboxylic acids is 1. The van der Waals surface area contributed by atoms with Gasteiger partial charge in [0.1, 0.15) is 6.54 Å². The highest BCUT2D eigenvalue weighted by molar-refractivity contribution is 6.00. The highest BCUT2D eigenvalue weighted by Gasteiger charge is 2.32. The third kappa shape index (κ3) is 4.06. The van der Waals surface area contributed by atoms with Gasteiger partial charge in [-0.1, -0.05) is 39.0 Å². The van der Waals surface area contributed by atoms with Gasteiger partial charge >= 0.3 is 5.97 Å². The van der Waals surface area contributed by atoms with Crippen molar-refractivity contribution < 1.29 is 14.7 Å². The summed E-state index contributed by atoms with van der Waals surface area (Å²) in [5.41, 5.74) is 6.03. The number of carboxylic acids is 1. The molecule has 1 aromatic carbocycles. The van der Waals surface area contributed by atoms with Gasteiger partial charge in [0, 0.05) is 5.69 Å². The molecule has 0 spiro atoms. The van der Waals surface area contributed by atoms with Crippen LogP contribution >= 0.6 is 0 Å². The first-order valence-corrected chi connectivity index (χ1v) is 6.07. The topological polar surface area (TPSA) is 83.6 Å². The average molecular weight is 264 g/mol. The summed E-state index contributed by atoms with van der Waals surface area (Å²) < 4.78 is 0. The molecule has 0 aliphatic heterocycles. The highest BCUT2D eigenvalue weighted by atomic mass is 16.4. The second kappa shape index (κ2) is 5.84. The summed E-state index contributed by atoms with van der Waals surface area (Å²) in [6.07, 6.45) is 0. The Morgan fingerprint density at radius 1 is 1.26 bits per heavy atom. The van der Waals surface area contributed by atoms with Gasteiger partial charge in [-0.25, -0.2) is 0 Å². The van der Waals surface area contributed by atoms with Crippen LogP contribution in [0, 0.1) is 5.41 Å². The summed E-state index contributed by atoms with van der Waals surface area (Å²) in [7, 11) is 0. The Balaban J connectivity index is 3.05. The van der Waals surface area contributed by atoms with Crippen LogP contribution in [0.2, 0.25) is 0 Å². The normalized spacial score (nSPS) is 12.8. The maximum atomic E-state index is 12.4. The van der Waals surface area contributed by atoms with Crippen molar-refractivity contribution >= 4 is 17.6 Å². The predicted octanol–water partition coefficient (Wildman–Crippen LogP) is 1.48. The lowest BCUT2D eigenvalue weighted by molar-refractivity contribution is -0.137. The van der Waals surface area contributed by atoms with Gasteiger partial charge in [-0.05, 0) is 17.5 Å². The lowest BCUT2D eigenvalue weighted by Crippen LogP contribution is -2.51. The minimum Gasteiger partial charge on any atom is -0.480 e. The molecule has 0 bridgehead atoms. The third-order valence-corrected chi connectivity index (χ3v) is 2.83. The molecule has 3 N–H and O–H groups in total. The Morgan fingerprint density at radius 2 is 1.79 bits per heavy atom. The highest BCUT2D eigenvalue weighted by Crippen LogP contribution is 2.22. The number of carbonyl (C=O) groups excluding carboxylic acids is 1. The van der Waals surface area contributed by atoms with Crippen molar-refractivity contribution in [2.75, 3.05) is 11.4 Å². The van der Waals surface area contributed by atoms with Gasteiger partial charge in [0.15, 0.2) is 0 Å². The third-order valence-electron chi connectivity index (χ3n) is 2.83. The van der Waals surface area contributed by atoms with Crippen molar-refractivity contribution in [1.29, 1.82) is 0 Å². The second-order valence-corrected chi connectivity index (χ2v) is 5.50. The number of anilines is 1. The van der Waals surface area contributed by atoms with Crippen molar-refractivity contribution in [3.8, 4) is 0 Å². The fourth-order valence-corrected chi connectivity index (χ4v) is 1.58. The first kappa shape index (κ1) is 15.2. The summed E-state index contributed by atoms with van der Waals surface area (Å²) >= 11 is 0. The summed E-state index contributed by atoms with van der Waals surface area (Å²) in [6, 6.07) is 7.93. The van der Waals surface area contributed by atoms with Crippen molar-refractivity contribution in [3.63, 3.8) is 0 Å². The number of hydrogen-bond donors (Lipinski definition) is 2. The lowest BCUT2D eigenvalue weighted by Gasteiger charge is -2.31. The number of amides is 1. The van der Waals surface area contributed by atoms with Crippen LogP contribution < -0.4 is 10.6 Å². The van der Waals surface area contributed by atoms with Crippen LogP contribution in [-0.4, -0.2) is 29.6 Å². The number of benzene rings is 1. The SMILES string of the molecule is CC(C)(C)[C@H](N)C(=O)N(CC(=O)O)c1ccccc1. The quantitative estimate of drug-likeness (QED) is 0.862. The lowest BCUT2D eigenvalue weighted by atomic mass is 9.86. The molecule has 5 nitrogen and oxygen atoms in total. The Bertz CT molecular complexity index is 452. The average Bonchev–Trinajstić information content (AvgIpc) is 2.34. The second-order valence-electron chi connectivity index (χ2n) is 5.50. The van der Waals surface area contributed by atoms with Crippen LogP contribution in [-0.2, 0) is 9.59 Å². The minimum absolute atomic E-state index is 0.388. The number of rotatable bonds is 4. The van der Waals surface area contributed by atoms with E-state index in [1.165, 1.54) is 4.90 Å². The molecule has 0 saturated heterocycles. The van der Waals surface area contributed by atoms with Gasteiger partial charge in [0.25, 0.3) is 0 Å². The Kier molecular flexibility index (Phi) is 4.67. The van der Waals surface area contributed by atoms with Crippen molar-refractivity contribution in [1.82, 2.24) is 0 Å². The van der Waals surface area contributed by atoms with Gasteiger partial charge in [-0.2, -0.15) is 0 Å². The molecule has 0 radical (unpaired) electrons. The maximum absolute atomic E-state index is 12.4. The number of nitrogens with two attached hydrogens (primary N) is 1. The first-order valence-electron chi connectivity index (χ1n) is 6.07. The van der Waals surface area contributed by atoms with E-state index in [0.717, 1.165) is 0 Å². The molecule has 0 aliphatic carbocycles. The van der Waals surface area contributed by atoms with E-state index in [4.69, 9.17) is 10.8 Å². The van der Waals surface area contributed by atoms with E-state index < -0.39 is 24.0 Å². The van der Waals surface area contributed by atoms with Crippen molar-refractivity contribution in [2.24, 2.45) is 11.1 Å². The van der Waals surface area contributed by atoms with E-state index >= 15 is 0 Å². The van der Waals surface area contributed by atoms with E-state index in [2.05, 4.69) is 0 Å². The first-order chi connectivity index (χ1) is 8.73. The van der Waals surface area contributed by atoms with E-state index in [1.807, 2.05) is 20.8 Å². The monoisotopic (exact) mass is 264 g/mol. The Hall–Kier alpha value is -1.88. The fraction of sp³-hybridized carbons (Fsp3) is 0.429. The molecule has 0 heterocycles. The van der Waals surface area contributed by atoms with Gasteiger partial charge in [0.05, 0.1) is 6.04 Å². The van der Waals surface area contributed by atoms with Gasteiger partial charge in [0.2, 0.25) is 5.91 Å². The molecule has 1 atom stereocenters. The molecule has 0 saturated carbocycles. The van der Waals surface area contributed by atoms with E-state index in [1.54, 1.807) is 30.3 Å². The van der Waals surface area contributed by atoms with Crippen LogP contribution in [0.1, 0.15) is 20.8 Å². The molecule has 0 aromatic heterocycles. The molecular weight excluding hydrogens is 244 g/mol. The molecule has 0 fully saturated rings. The molecule has 0 unspecified atom stereocenters. The van der Waals surface area contributed by atoms with Crippen LogP contribution in [0.4, 0.5) is 5.69 Å². The number of carboxylic acid groups (broad SMARTS) is 1. The van der Waals surface area contributed by atoms with Crippen LogP contribution in [0.25, 0.3) is 0 Å². The molecule has 1 aromatic rings. The molecule has 1 rings (SSSR count). The molecule has 19 heavy (non-hydrogen) atoms. The van der Waals surface area contributed by atoms with Gasteiger partial charge in [-0.15, -0.1) is 0 Å². The summed E-state index contributed by atoms with van der Waals surface area (Å²) in [5, 5.41) is 8.94. The maximum Gasteiger partial charge on any atom is 0.323 e. The Morgan fingerprint density at radius 3 is 2.21 bits per heavy atom. The van der Waals surface area contributed by atoms with Crippen LogP contribution in [0.5, 0.6) is 0 Å². The predicted molar refractivity (Wildman–Crippen MR) is 73.9 cm³/mol. The number of hydrogen-bond acceptors (Lipinski definition) is 3. The van der Waals surface area contributed by atoms with Crippen molar-refractivity contribution in [3.05, 3.63) is 30.3 Å². The minimum atomic E-state index is -1.07. The largest absolute Gasteiger partial charge is 0.480 e. The molecule has 5 heteroatoms. The molecule has 0 aliphatic rings. The molecular formula is C14H20N2O3. The number of carbonyl (C=O) groups is 2. The molecule has 1 amide bonds. The van der Waals surface area contributed by atoms with E-state index in [9.17, 15) is 9.59 Å². The zero-order chi connectivity index (χ0) is 14.6. The smallest absolute Gasteiger partial charge is 0.323 e. The van der Waals surface area contributed by atoms with E-state index in [0.29, 0.717) is 5.69 Å². The summed E-state index contributed by atoms with van der Waals surface area (Å²) in [5.74, 6) is -1.46. The van der Waals surface area contributed by atoms with Gasteiger partial charge in [-0.3, -0.25) is 14.5 Å². The molecule has 104 valence electrons. The van der Waals surface area contributed by atoms with Crippen molar-refractivity contribution in [2.45, 2.75) is 26.8 Å². The Labute approximate surface area is 113 Å². The van der Waals surface area contributed by atoms with Gasteiger partial charge < -0.3 is 10.8 Å².